The number of nitrogens with one attached hydrogen (secondary N) is 1. The van der Waals surface area contributed by atoms with Crippen molar-refractivity contribution < 1.29 is 9.53 Å². The van der Waals surface area contributed by atoms with E-state index in [-0.39, 0.29) is 11.1 Å². The van der Waals surface area contributed by atoms with Gasteiger partial charge in [-0.1, -0.05) is 11.6 Å². The highest BCUT2D eigenvalue weighted by Gasteiger charge is 2.20. The number of aromatic nitrogens is 3. The van der Waals surface area contributed by atoms with Crippen LogP contribution in [0.25, 0.3) is 10.2 Å². The molecule has 8 heteroatoms. The molecule has 0 aliphatic rings. The Labute approximate surface area is 141 Å². The zero-order chi connectivity index (χ0) is 16.4. The Morgan fingerprint density at radius 2 is 2.22 bits per heavy atom. The zero-order valence-corrected chi connectivity index (χ0v) is 14.0. The van der Waals surface area contributed by atoms with Crippen molar-refractivity contribution in [2.24, 2.45) is 0 Å². The van der Waals surface area contributed by atoms with E-state index in [1.165, 1.54) is 17.7 Å². The van der Waals surface area contributed by atoms with E-state index in [2.05, 4.69) is 20.3 Å². The summed E-state index contributed by atoms with van der Waals surface area (Å²) in [6.07, 6.45) is 3.00. The molecule has 6 nitrogen and oxygen atoms in total. The molecule has 3 heterocycles. The fraction of sp³-hybridized carbons (Fsp3) is 0.200. The van der Waals surface area contributed by atoms with E-state index >= 15 is 0 Å². The lowest BCUT2D eigenvalue weighted by Gasteiger charge is -2.06. The quantitative estimate of drug-likeness (QED) is 0.727. The van der Waals surface area contributed by atoms with Crippen molar-refractivity contribution in [1.29, 1.82) is 0 Å². The molecule has 0 fully saturated rings. The van der Waals surface area contributed by atoms with Gasteiger partial charge in [0, 0.05) is 6.20 Å². The number of halogens is 1. The Kier molecular flexibility index (Phi) is 4.40. The molecule has 3 aromatic rings. The van der Waals surface area contributed by atoms with Gasteiger partial charge in [0.15, 0.2) is 5.15 Å². The lowest BCUT2D eigenvalue weighted by Crippen LogP contribution is -2.12. The van der Waals surface area contributed by atoms with Crippen molar-refractivity contribution in [3.8, 4) is 5.88 Å². The van der Waals surface area contributed by atoms with Crippen LogP contribution in [0.1, 0.15) is 22.2 Å². The Morgan fingerprint density at radius 1 is 1.39 bits per heavy atom. The number of thiophene rings is 1. The standard InChI is InChI=1S/C15H13ClN4O2S/c1-3-22-14-10-8(2)11(23-15(10)19-7-18-14)13(21)20-9-5-4-6-17-12(9)16/h4-7H,3H2,1-2H3,(H,20,21). The van der Waals surface area contributed by atoms with Gasteiger partial charge in [0.25, 0.3) is 5.91 Å². The Bertz CT molecular complexity index is 881. The largest absolute Gasteiger partial charge is 0.477 e. The van der Waals surface area contributed by atoms with Crippen LogP contribution < -0.4 is 10.1 Å². The number of nitrogens with zero attached hydrogens (tertiary/aromatic N) is 3. The molecule has 1 amide bonds. The van der Waals surface area contributed by atoms with E-state index in [0.717, 1.165) is 10.9 Å². The number of aryl methyl sites for hydroxylation is 1. The molecule has 0 bridgehead atoms. The molecule has 118 valence electrons. The van der Waals surface area contributed by atoms with E-state index in [0.29, 0.717) is 27.9 Å². The molecule has 0 radical (unpaired) electrons. The summed E-state index contributed by atoms with van der Waals surface area (Å²) in [6, 6.07) is 3.40. The first kappa shape index (κ1) is 15.6. The molecule has 0 saturated heterocycles. The number of carbonyl (C=O) groups excluding carboxylic acids is 1. The molecule has 0 aliphatic heterocycles. The van der Waals surface area contributed by atoms with Gasteiger partial charge in [-0.15, -0.1) is 11.3 Å². The molecule has 23 heavy (non-hydrogen) atoms. The third-order valence-corrected chi connectivity index (χ3v) is 4.69. The highest BCUT2D eigenvalue weighted by atomic mass is 35.5. The summed E-state index contributed by atoms with van der Waals surface area (Å²) >= 11 is 7.27. The molecular formula is C15H13ClN4O2S. The van der Waals surface area contributed by atoms with Crippen LogP contribution in [0.3, 0.4) is 0 Å². The lowest BCUT2D eigenvalue weighted by atomic mass is 10.2. The SMILES string of the molecule is CCOc1ncnc2sc(C(=O)Nc3cccnc3Cl)c(C)c12. The van der Waals surface area contributed by atoms with E-state index < -0.39 is 0 Å². The second kappa shape index (κ2) is 6.47. The summed E-state index contributed by atoms with van der Waals surface area (Å²) in [6.45, 7) is 4.23. The van der Waals surface area contributed by atoms with Crippen molar-refractivity contribution in [1.82, 2.24) is 15.0 Å². The molecule has 0 aromatic carbocycles. The van der Waals surface area contributed by atoms with Crippen LogP contribution in [-0.2, 0) is 0 Å². The number of amides is 1. The molecule has 0 unspecified atom stereocenters. The predicted octanol–water partition coefficient (Wildman–Crippen LogP) is 3.70. The van der Waals surface area contributed by atoms with Crippen molar-refractivity contribution in [2.45, 2.75) is 13.8 Å². The van der Waals surface area contributed by atoms with E-state index in [1.54, 1.807) is 18.3 Å². The summed E-state index contributed by atoms with van der Waals surface area (Å²) < 4.78 is 5.52. The van der Waals surface area contributed by atoms with E-state index in [9.17, 15) is 4.79 Å². The maximum absolute atomic E-state index is 12.5. The third-order valence-electron chi connectivity index (χ3n) is 3.19. The summed E-state index contributed by atoms with van der Waals surface area (Å²) in [5.74, 6) is 0.229. The molecule has 0 atom stereocenters. The van der Waals surface area contributed by atoms with Gasteiger partial charge >= 0.3 is 0 Å². The Hall–Kier alpha value is -2.25. The maximum atomic E-state index is 12.5. The first-order valence-electron chi connectivity index (χ1n) is 6.90. The fourth-order valence-corrected chi connectivity index (χ4v) is 3.36. The Balaban J connectivity index is 2.00. The van der Waals surface area contributed by atoms with Crippen molar-refractivity contribution >= 4 is 44.7 Å². The van der Waals surface area contributed by atoms with Gasteiger partial charge in [0.1, 0.15) is 11.2 Å². The highest BCUT2D eigenvalue weighted by molar-refractivity contribution is 7.20. The van der Waals surface area contributed by atoms with Gasteiger partial charge in [-0.3, -0.25) is 4.79 Å². The molecule has 3 rings (SSSR count). The van der Waals surface area contributed by atoms with Gasteiger partial charge < -0.3 is 10.1 Å². The number of pyridine rings is 1. The second-order valence-electron chi connectivity index (χ2n) is 4.64. The van der Waals surface area contributed by atoms with Gasteiger partial charge in [-0.2, -0.15) is 0 Å². The zero-order valence-electron chi connectivity index (χ0n) is 12.5. The van der Waals surface area contributed by atoms with Crippen LogP contribution in [0.15, 0.2) is 24.7 Å². The summed E-state index contributed by atoms with van der Waals surface area (Å²) in [7, 11) is 0. The van der Waals surface area contributed by atoms with Crippen molar-refractivity contribution in [3.05, 3.63) is 40.3 Å². The fourth-order valence-electron chi connectivity index (χ4n) is 2.16. The average Bonchev–Trinajstić information content (AvgIpc) is 2.88. The van der Waals surface area contributed by atoms with Crippen LogP contribution in [-0.4, -0.2) is 27.5 Å². The molecule has 0 aliphatic carbocycles. The molecule has 3 aromatic heterocycles. The van der Waals surface area contributed by atoms with E-state index in [4.69, 9.17) is 16.3 Å². The van der Waals surface area contributed by atoms with Gasteiger partial charge in [0.05, 0.1) is 22.6 Å². The first-order valence-corrected chi connectivity index (χ1v) is 8.10. The number of rotatable bonds is 4. The van der Waals surface area contributed by atoms with Crippen LogP contribution in [0.5, 0.6) is 5.88 Å². The number of carbonyl (C=O) groups is 1. The molecule has 1 N–H and O–H groups in total. The smallest absolute Gasteiger partial charge is 0.266 e. The number of ether oxygens (including phenoxy) is 1. The average molecular weight is 349 g/mol. The number of hydrogen-bond donors (Lipinski definition) is 1. The maximum Gasteiger partial charge on any atom is 0.266 e. The molecule has 0 spiro atoms. The minimum atomic E-state index is -0.261. The van der Waals surface area contributed by atoms with Crippen LogP contribution in [0.4, 0.5) is 5.69 Å². The van der Waals surface area contributed by atoms with Crippen molar-refractivity contribution in [3.63, 3.8) is 0 Å². The predicted molar refractivity (Wildman–Crippen MR) is 90.5 cm³/mol. The second-order valence-corrected chi connectivity index (χ2v) is 6.00. The van der Waals surface area contributed by atoms with Crippen LogP contribution >= 0.6 is 22.9 Å². The van der Waals surface area contributed by atoms with Crippen LogP contribution in [0, 0.1) is 6.92 Å². The monoisotopic (exact) mass is 348 g/mol. The number of fused-ring (bicyclic) bond motifs is 1. The summed E-state index contributed by atoms with van der Waals surface area (Å²) in [4.78, 5) is 26.1. The van der Waals surface area contributed by atoms with Gasteiger partial charge in [-0.05, 0) is 31.5 Å². The van der Waals surface area contributed by atoms with E-state index in [1.807, 2.05) is 13.8 Å². The van der Waals surface area contributed by atoms with Gasteiger partial charge in [-0.25, -0.2) is 15.0 Å². The highest BCUT2D eigenvalue weighted by Crippen LogP contribution is 2.35. The first-order chi connectivity index (χ1) is 11.1. The summed E-state index contributed by atoms with van der Waals surface area (Å²) in [5.41, 5.74) is 1.25. The lowest BCUT2D eigenvalue weighted by molar-refractivity contribution is 0.103. The normalized spacial score (nSPS) is 10.7. The third kappa shape index (κ3) is 2.97. The molecular weight excluding hydrogens is 336 g/mol. The summed E-state index contributed by atoms with van der Waals surface area (Å²) in [5, 5.41) is 3.78. The number of hydrogen-bond acceptors (Lipinski definition) is 6. The topological polar surface area (TPSA) is 77.0 Å². The minimum Gasteiger partial charge on any atom is -0.477 e. The number of anilines is 1. The van der Waals surface area contributed by atoms with Crippen molar-refractivity contribution in [2.75, 3.05) is 11.9 Å². The minimum absolute atomic E-state index is 0.245. The van der Waals surface area contributed by atoms with Crippen LogP contribution in [0.2, 0.25) is 5.15 Å². The Morgan fingerprint density at radius 3 is 2.96 bits per heavy atom. The molecule has 0 saturated carbocycles. The van der Waals surface area contributed by atoms with Gasteiger partial charge in [0.2, 0.25) is 5.88 Å².